The van der Waals surface area contributed by atoms with Crippen molar-refractivity contribution in [2.24, 2.45) is 12.8 Å². The van der Waals surface area contributed by atoms with E-state index < -0.39 is 5.76 Å². The zero-order chi connectivity index (χ0) is 10.8. The third kappa shape index (κ3) is 1.57. The fourth-order valence-electron chi connectivity index (χ4n) is 1.44. The van der Waals surface area contributed by atoms with Crippen molar-refractivity contribution in [3.8, 4) is 11.4 Å². The summed E-state index contributed by atoms with van der Waals surface area (Å²) in [5.41, 5.74) is 7.36. The number of rotatable bonds is 2. The fraction of sp³-hybridized carbons (Fsp3) is 0.200. The van der Waals surface area contributed by atoms with Crippen molar-refractivity contribution in [1.82, 2.24) is 9.72 Å². The van der Waals surface area contributed by atoms with Gasteiger partial charge in [0.05, 0.1) is 0 Å². The molecular formula is C10H11N3O2. The van der Waals surface area contributed by atoms with Gasteiger partial charge in [-0.2, -0.15) is 0 Å². The highest BCUT2D eigenvalue weighted by Gasteiger charge is 2.11. The average Bonchev–Trinajstić information content (AvgIpc) is 2.60. The molecule has 0 radical (unpaired) electrons. The molecule has 0 atom stereocenters. The molecule has 1 aromatic carbocycles. The normalized spacial score (nSPS) is 10.5. The van der Waals surface area contributed by atoms with Crippen LogP contribution in [0.1, 0.15) is 5.56 Å². The van der Waals surface area contributed by atoms with E-state index in [9.17, 15) is 4.79 Å². The van der Waals surface area contributed by atoms with Gasteiger partial charge in [0.1, 0.15) is 0 Å². The van der Waals surface area contributed by atoms with Crippen molar-refractivity contribution >= 4 is 0 Å². The fourth-order valence-corrected chi connectivity index (χ4v) is 1.44. The van der Waals surface area contributed by atoms with Gasteiger partial charge in [-0.3, -0.25) is 9.09 Å². The number of benzene rings is 1. The summed E-state index contributed by atoms with van der Waals surface area (Å²) < 4.78 is 5.92. The zero-order valence-electron chi connectivity index (χ0n) is 8.30. The molecule has 2 N–H and O–H groups in total. The Morgan fingerprint density at radius 1 is 1.47 bits per heavy atom. The van der Waals surface area contributed by atoms with Gasteiger partial charge in [-0.05, 0) is 5.56 Å². The SMILES string of the molecule is Cn1c(-c2ccccc2CN)noc1=O. The van der Waals surface area contributed by atoms with Crippen molar-refractivity contribution in [3.63, 3.8) is 0 Å². The Bertz CT molecular complexity index is 527. The molecule has 0 spiro atoms. The molecule has 0 saturated heterocycles. The highest BCUT2D eigenvalue weighted by molar-refractivity contribution is 5.59. The van der Waals surface area contributed by atoms with Gasteiger partial charge >= 0.3 is 5.76 Å². The Labute approximate surface area is 86.1 Å². The second-order valence-electron chi connectivity index (χ2n) is 3.19. The van der Waals surface area contributed by atoms with Crippen LogP contribution in [0.2, 0.25) is 0 Å². The highest BCUT2D eigenvalue weighted by atomic mass is 16.5. The van der Waals surface area contributed by atoms with Gasteiger partial charge in [-0.15, -0.1) is 0 Å². The lowest BCUT2D eigenvalue weighted by atomic mass is 10.1. The van der Waals surface area contributed by atoms with E-state index in [1.54, 1.807) is 7.05 Å². The summed E-state index contributed by atoms with van der Waals surface area (Å²) in [6.07, 6.45) is 0. The lowest BCUT2D eigenvalue weighted by molar-refractivity contribution is 0.380. The summed E-state index contributed by atoms with van der Waals surface area (Å²) in [5, 5.41) is 3.71. The van der Waals surface area contributed by atoms with Gasteiger partial charge in [0.15, 0.2) is 5.82 Å². The maximum absolute atomic E-state index is 11.1. The van der Waals surface area contributed by atoms with E-state index in [4.69, 9.17) is 5.73 Å². The molecule has 78 valence electrons. The standard InChI is InChI=1S/C10H11N3O2/c1-13-9(12-15-10(13)14)8-5-3-2-4-7(8)6-11/h2-5H,6,11H2,1H3. The number of hydrogen-bond acceptors (Lipinski definition) is 4. The maximum atomic E-state index is 11.1. The summed E-state index contributed by atoms with van der Waals surface area (Å²) in [5.74, 6) is 0.0258. The maximum Gasteiger partial charge on any atom is 0.441 e. The van der Waals surface area contributed by atoms with E-state index in [2.05, 4.69) is 9.68 Å². The first kappa shape index (κ1) is 9.67. The molecule has 0 bridgehead atoms. The second-order valence-corrected chi connectivity index (χ2v) is 3.19. The Kier molecular flexibility index (Phi) is 2.39. The Morgan fingerprint density at radius 2 is 2.20 bits per heavy atom. The van der Waals surface area contributed by atoms with Crippen molar-refractivity contribution < 1.29 is 4.52 Å². The third-order valence-corrected chi connectivity index (χ3v) is 2.28. The lowest BCUT2D eigenvalue weighted by Gasteiger charge is -2.04. The molecule has 0 amide bonds. The predicted octanol–water partition coefficient (Wildman–Crippen LogP) is 0.499. The molecule has 0 fully saturated rings. The summed E-state index contributed by atoms with van der Waals surface area (Å²) in [6, 6.07) is 7.52. The topological polar surface area (TPSA) is 74.1 Å². The number of aromatic nitrogens is 2. The van der Waals surface area contributed by atoms with Crippen LogP contribution in [0, 0.1) is 0 Å². The number of nitrogens with two attached hydrogens (primary N) is 1. The van der Waals surface area contributed by atoms with Crippen molar-refractivity contribution in [2.75, 3.05) is 0 Å². The molecule has 5 nitrogen and oxygen atoms in total. The first-order valence-electron chi connectivity index (χ1n) is 4.55. The van der Waals surface area contributed by atoms with Gasteiger partial charge < -0.3 is 5.73 Å². The van der Waals surface area contributed by atoms with Crippen LogP contribution in [0.5, 0.6) is 0 Å². The zero-order valence-corrected chi connectivity index (χ0v) is 8.30. The lowest BCUT2D eigenvalue weighted by Crippen LogP contribution is -2.11. The molecule has 0 saturated carbocycles. The van der Waals surface area contributed by atoms with Crippen LogP contribution in [0.15, 0.2) is 33.6 Å². The van der Waals surface area contributed by atoms with Gasteiger partial charge in [0, 0.05) is 19.2 Å². The molecule has 15 heavy (non-hydrogen) atoms. The number of hydrogen-bond donors (Lipinski definition) is 1. The van der Waals surface area contributed by atoms with Crippen molar-refractivity contribution in [3.05, 3.63) is 40.4 Å². The Balaban J connectivity index is 2.63. The van der Waals surface area contributed by atoms with Crippen LogP contribution >= 0.6 is 0 Å². The molecular weight excluding hydrogens is 194 g/mol. The minimum absolute atomic E-state index is 0.400. The number of nitrogens with zero attached hydrogens (tertiary/aromatic N) is 2. The van der Waals surface area contributed by atoms with Crippen LogP contribution in [-0.4, -0.2) is 9.72 Å². The average molecular weight is 205 g/mol. The third-order valence-electron chi connectivity index (χ3n) is 2.28. The largest absolute Gasteiger partial charge is 0.441 e. The Morgan fingerprint density at radius 3 is 2.80 bits per heavy atom. The summed E-state index contributed by atoms with van der Waals surface area (Å²) >= 11 is 0. The minimum atomic E-state index is -0.475. The molecule has 0 unspecified atom stereocenters. The molecule has 5 heteroatoms. The van der Waals surface area contributed by atoms with Gasteiger partial charge in [-0.1, -0.05) is 29.4 Å². The molecule has 1 heterocycles. The van der Waals surface area contributed by atoms with Crippen LogP contribution in [0.4, 0.5) is 0 Å². The highest BCUT2D eigenvalue weighted by Crippen LogP contribution is 2.19. The van der Waals surface area contributed by atoms with Crippen molar-refractivity contribution in [2.45, 2.75) is 6.54 Å². The van der Waals surface area contributed by atoms with Crippen LogP contribution < -0.4 is 11.5 Å². The van der Waals surface area contributed by atoms with E-state index in [1.807, 2.05) is 24.3 Å². The van der Waals surface area contributed by atoms with Crippen LogP contribution in [0.3, 0.4) is 0 Å². The molecule has 2 rings (SSSR count). The van der Waals surface area contributed by atoms with Crippen molar-refractivity contribution in [1.29, 1.82) is 0 Å². The second kappa shape index (κ2) is 3.70. The van der Waals surface area contributed by atoms with E-state index in [0.717, 1.165) is 11.1 Å². The smallest absolute Gasteiger partial charge is 0.326 e. The molecule has 0 aliphatic heterocycles. The molecule has 0 aliphatic rings. The van der Waals surface area contributed by atoms with Crippen LogP contribution in [0.25, 0.3) is 11.4 Å². The van der Waals surface area contributed by atoms with E-state index in [0.29, 0.717) is 12.4 Å². The Hall–Kier alpha value is -1.88. The molecule has 2 aromatic rings. The minimum Gasteiger partial charge on any atom is -0.326 e. The summed E-state index contributed by atoms with van der Waals surface area (Å²) in [4.78, 5) is 11.1. The quantitative estimate of drug-likeness (QED) is 0.774. The summed E-state index contributed by atoms with van der Waals surface area (Å²) in [6.45, 7) is 0.400. The van der Waals surface area contributed by atoms with E-state index >= 15 is 0 Å². The molecule has 0 aliphatic carbocycles. The van der Waals surface area contributed by atoms with Gasteiger partial charge in [0.2, 0.25) is 0 Å². The molecule has 1 aromatic heterocycles. The summed E-state index contributed by atoms with van der Waals surface area (Å²) in [7, 11) is 1.61. The predicted molar refractivity (Wildman–Crippen MR) is 55.1 cm³/mol. The van der Waals surface area contributed by atoms with Gasteiger partial charge in [-0.25, -0.2) is 4.79 Å². The monoisotopic (exact) mass is 205 g/mol. The first-order chi connectivity index (χ1) is 7.24. The van der Waals surface area contributed by atoms with E-state index in [1.165, 1.54) is 4.57 Å². The van der Waals surface area contributed by atoms with E-state index in [-0.39, 0.29) is 0 Å². The first-order valence-corrected chi connectivity index (χ1v) is 4.55. The van der Waals surface area contributed by atoms with Gasteiger partial charge in [0.25, 0.3) is 0 Å². The van der Waals surface area contributed by atoms with Crippen LogP contribution in [-0.2, 0) is 13.6 Å².